The van der Waals surface area contributed by atoms with Crippen LogP contribution in [0, 0.1) is 19.8 Å². The molecule has 0 saturated carbocycles. The normalized spacial score (nSPS) is 13.4. The van der Waals surface area contributed by atoms with Gasteiger partial charge in [-0.05, 0) is 38.8 Å². The van der Waals surface area contributed by atoms with Gasteiger partial charge in [0, 0.05) is 12.6 Å². The van der Waals surface area contributed by atoms with Crippen LogP contribution in [0.5, 0.6) is 0 Å². The number of nitrogens with zero attached hydrogens (tertiary/aromatic N) is 2. The summed E-state index contributed by atoms with van der Waals surface area (Å²) >= 11 is 0. The molecule has 124 valence electrons. The van der Waals surface area contributed by atoms with E-state index in [2.05, 4.69) is 15.7 Å². The molecule has 2 amide bonds. The highest BCUT2D eigenvalue weighted by atomic mass is 16.3. The molecule has 6 nitrogen and oxygen atoms in total. The Morgan fingerprint density at radius 1 is 1.26 bits per heavy atom. The van der Waals surface area contributed by atoms with Crippen molar-refractivity contribution < 1.29 is 9.90 Å². The number of aliphatic hydroxyl groups excluding tert-OH is 1. The number of aliphatic hydroxyl groups is 1. The number of benzene rings is 1. The zero-order chi connectivity index (χ0) is 17.0. The number of hydrogen-bond donors (Lipinski definition) is 3. The lowest BCUT2D eigenvalue weighted by molar-refractivity contribution is 0.204. The van der Waals surface area contributed by atoms with Crippen LogP contribution in [0.3, 0.4) is 0 Å². The van der Waals surface area contributed by atoms with E-state index in [0.717, 1.165) is 17.1 Å². The Balaban J connectivity index is 2.15. The fourth-order valence-corrected chi connectivity index (χ4v) is 2.30. The third-order valence-electron chi connectivity index (χ3n) is 4.03. The number of carbonyl (C=O) groups is 1. The van der Waals surface area contributed by atoms with E-state index in [9.17, 15) is 4.79 Å². The minimum Gasteiger partial charge on any atom is -0.396 e. The molecule has 3 N–H and O–H groups in total. The molecule has 2 aromatic rings. The van der Waals surface area contributed by atoms with E-state index in [-0.39, 0.29) is 24.6 Å². The summed E-state index contributed by atoms with van der Waals surface area (Å²) in [5, 5.41) is 19.3. The maximum absolute atomic E-state index is 12.2. The van der Waals surface area contributed by atoms with Gasteiger partial charge < -0.3 is 15.7 Å². The fourth-order valence-electron chi connectivity index (χ4n) is 2.30. The van der Waals surface area contributed by atoms with Crippen LogP contribution in [0.4, 0.5) is 10.5 Å². The van der Waals surface area contributed by atoms with E-state index < -0.39 is 0 Å². The highest BCUT2D eigenvalue weighted by Crippen LogP contribution is 2.22. The molecule has 1 aromatic heterocycles. The van der Waals surface area contributed by atoms with Crippen LogP contribution < -0.4 is 10.6 Å². The Morgan fingerprint density at radius 3 is 2.52 bits per heavy atom. The third kappa shape index (κ3) is 3.90. The van der Waals surface area contributed by atoms with Gasteiger partial charge in [-0.2, -0.15) is 5.10 Å². The summed E-state index contributed by atoms with van der Waals surface area (Å²) in [5.74, 6) is -0.00464. The predicted octanol–water partition coefficient (Wildman–Crippen LogP) is 2.63. The Bertz CT molecular complexity index is 667. The van der Waals surface area contributed by atoms with Crippen LogP contribution >= 0.6 is 0 Å². The quantitative estimate of drug-likeness (QED) is 0.793. The second kappa shape index (κ2) is 7.28. The van der Waals surface area contributed by atoms with Gasteiger partial charge in [0.15, 0.2) is 0 Å². The third-order valence-corrected chi connectivity index (χ3v) is 4.03. The molecule has 1 aromatic carbocycles. The van der Waals surface area contributed by atoms with Crippen molar-refractivity contribution in [3.63, 3.8) is 0 Å². The highest BCUT2D eigenvalue weighted by molar-refractivity contribution is 5.90. The topological polar surface area (TPSA) is 79.2 Å². The molecular weight excluding hydrogens is 292 g/mol. The van der Waals surface area contributed by atoms with E-state index in [1.165, 1.54) is 0 Å². The van der Waals surface area contributed by atoms with Gasteiger partial charge in [-0.25, -0.2) is 9.48 Å². The monoisotopic (exact) mass is 316 g/mol. The molecular formula is C17H24N4O2. The SMILES string of the molecule is Cc1nn(-c2ccccc2)c(C)c1NC(=O)NC(C)C(C)CO. The number of urea groups is 1. The average molecular weight is 316 g/mol. The van der Waals surface area contributed by atoms with Crippen LogP contribution in [0.25, 0.3) is 5.69 Å². The molecule has 0 bridgehead atoms. The second-order valence-electron chi connectivity index (χ2n) is 5.84. The largest absolute Gasteiger partial charge is 0.396 e. The van der Waals surface area contributed by atoms with Crippen molar-refractivity contribution in [2.45, 2.75) is 33.7 Å². The first-order chi connectivity index (χ1) is 10.9. The summed E-state index contributed by atoms with van der Waals surface area (Å²) < 4.78 is 1.81. The van der Waals surface area contributed by atoms with Crippen LogP contribution in [-0.4, -0.2) is 33.6 Å². The van der Waals surface area contributed by atoms with Crippen LogP contribution in [0.1, 0.15) is 25.2 Å². The number of anilines is 1. The number of para-hydroxylation sites is 1. The van der Waals surface area contributed by atoms with Crippen molar-refractivity contribution >= 4 is 11.7 Å². The number of carbonyl (C=O) groups excluding carboxylic acids is 1. The Kier molecular flexibility index (Phi) is 5.39. The zero-order valence-corrected chi connectivity index (χ0v) is 14.0. The maximum Gasteiger partial charge on any atom is 0.319 e. The number of nitrogens with one attached hydrogen (secondary N) is 2. The Morgan fingerprint density at radius 2 is 1.91 bits per heavy atom. The number of hydrogen-bond acceptors (Lipinski definition) is 3. The average Bonchev–Trinajstić information content (AvgIpc) is 2.82. The van der Waals surface area contributed by atoms with Crippen LogP contribution in [-0.2, 0) is 0 Å². The number of aromatic nitrogens is 2. The van der Waals surface area contributed by atoms with Crippen molar-refractivity contribution in [3.8, 4) is 5.69 Å². The number of rotatable bonds is 5. The molecule has 0 radical (unpaired) electrons. The number of amides is 2. The molecule has 0 fully saturated rings. The predicted molar refractivity (Wildman–Crippen MR) is 90.9 cm³/mol. The lowest BCUT2D eigenvalue weighted by Crippen LogP contribution is -2.41. The van der Waals surface area contributed by atoms with Crippen molar-refractivity contribution in [1.29, 1.82) is 0 Å². The van der Waals surface area contributed by atoms with Crippen molar-refractivity contribution in [2.24, 2.45) is 5.92 Å². The lowest BCUT2D eigenvalue weighted by atomic mass is 10.1. The minimum atomic E-state index is -0.295. The standard InChI is InChI=1S/C17H24N4O2/c1-11(10-22)12(2)18-17(23)19-16-13(3)20-21(14(16)4)15-8-6-5-7-9-15/h5-9,11-12,22H,10H2,1-4H3,(H2,18,19,23). The van der Waals surface area contributed by atoms with E-state index in [1.54, 1.807) is 0 Å². The molecule has 23 heavy (non-hydrogen) atoms. The molecule has 1 heterocycles. The Labute approximate surface area is 136 Å². The molecule has 0 aliphatic rings. The summed E-state index contributed by atoms with van der Waals surface area (Å²) in [5.41, 5.74) is 3.27. The van der Waals surface area contributed by atoms with Gasteiger partial charge in [-0.15, -0.1) is 0 Å². The summed E-state index contributed by atoms with van der Waals surface area (Å²) in [4.78, 5) is 12.2. The first-order valence-electron chi connectivity index (χ1n) is 7.74. The molecule has 0 spiro atoms. The summed E-state index contributed by atoms with van der Waals surface area (Å²) in [6.45, 7) is 7.57. The molecule has 0 aliphatic carbocycles. The molecule has 6 heteroatoms. The van der Waals surface area contributed by atoms with E-state index >= 15 is 0 Å². The second-order valence-corrected chi connectivity index (χ2v) is 5.84. The van der Waals surface area contributed by atoms with Crippen LogP contribution in [0.15, 0.2) is 30.3 Å². The van der Waals surface area contributed by atoms with Crippen LogP contribution in [0.2, 0.25) is 0 Å². The summed E-state index contributed by atoms with van der Waals surface area (Å²) in [7, 11) is 0. The molecule has 2 rings (SSSR count). The van der Waals surface area contributed by atoms with Gasteiger partial charge in [-0.3, -0.25) is 0 Å². The minimum absolute atomic E-state index is 0.00464. The first-order valence-corrected chi connectivity index (χ1v) is 7.74. The zero-order valence-electron chi connectivity index (χ0n) is 14.0. The van der Waals surface area contributed by atoms with Crippen molar-refractivity contribution in [2.75, 3.05) is 11.9 Å². The molecule has 2 unspecified atom stereocenters. The van der Waals surface area contributed by atoms with Gasteiger partial charge in [0.2, 0.25) is 0 Å². The van der Waals surface area contributed by atoms with Crippen molar-refractivity contribution in [3.05, 3.63) is 41.7 Å². The van der Waals surface area contributed by atoms with E-state index in [4.69, 9.17) is 5.11 Å². The maximum atomic E-state index is 12.2. The molecule has 2 atom stereocenters. The molecule has 0 aliphatic heterocycles. The van der Waals surface area contributed by atoms with Gasteiger partial charge in [0.1, 0.15) is 0 Å². The van der Waals surface area contributed by atoms with Gasteiger partial charge in [-0.1, -0.05) is 25.1 Å². The number of aryl methyl sites for hydroxylation is 1. The van der Waals surface area contributed by atoms with Gasteiger partial charge >= 0.3 is 6.03 Å². The van der Waals surface area contributed by atoms with Gasteiger partial charge in [0.25, 0.3) is 0 Å². The highest BCUT2D eigenvalue weighted by Gasteiger charge is 2.18. The smallest absolute Gasteiger partial charge is 0.319 e. The van der Waals surface area contributed by atoms with E-state index in [1.807, 2.05) is 62.7 Å². The first kappa shape index (κ1) is 17.0. The summed E-state index contributed by atoms with van der Waals surface area (Å²) in [6, 6.07) is 9.36. The summed E-state index contributed by atoms with van der Waals surface area (Å²) in [6.07, 6.45) is 0. The van der Waals surface area contributed by atoms with E-state index in [0.29, 0.717) is 5.69 Å². The molecule has 0 saturated heterocycles. The Hall–Kier alpha value is -2.34. The lowest BCUT2D eigenvalue weighted by Gasteiger charge is -2.19. The van der Waals surface area contributed by atoms with Crippen molar-refractivity contribution in [1.82, 2.24) is 15.1 Å². The fraction of sp³-hybridized carbons (Fsp3) is 0.412. The van der Waals surface area contributed by atoms with Gasteiger partial charge in [0.05, 0.1) is 22.8 Å².